The summed E-state index contributed by atoms with van der Waals surface area (Å²) in [6, 6.07) is 3.91. The smallest absolute Gasteiger partial charge is 0.231 e. The van der Waals surface area contributed by atoms with Crippen LogP contribution in [0.3, 0.4) is 0 Å². The quantitative estimate of drug-likeness (QED) is 0.828. The first kappa shape index (κ1) is 19.6. The van der Waals surface area contributed by atoms with Crippen molar-refractivity contribution in [2.24, 2.45) is 5.73 Å². The van der Waals surface area contributed by atoms with E-state index in [0.717, 1.165) is 31.1 Å². The number of amides is 1. The Morgan fingerprint density at radius 2 is 1.90 bits per heavy atom. The third-order valence-corrected chi connectivity index (χ3v) is 4.12. The molecule has 2 heterocycles. The lowest BCUT2D eigenvalue weighted by molar-refractivity contribution is -0.119. The number of halogens is 2. The summed E-state index contributed by atoms with van der Waals surface area (Å²) in [5, 5.41) is 12.0. The van der Waals surface area contributed by atoms with Crippen LogP contribution in [0.4, 0.5) is 0 Å². The fourth-order valence-corrected chi connectivity index (χ4v) is 2.87. The number of aliphatic hydroxyl groups excluding tert-OH is 1. The van der Waals surface area contributed by atoms with Crippen molar-refractivity contribution in [3.05, 3.63) is 22.4 Å². The second-order valence-electron chi connectivity index (χ2n) is 4.57. The molecule has 1 aliphatic heterocycles. The number of primary amides is 1. The molecule has 1 amide bonds. The van der Waals surface area contributed by atoms with Crippen LogP contribution in [0.2, 0.25) is 0 Å². The summed E-state index contributed by atoms with van der Waals surface area (Å²) < 4.78 is 0. The van der Waals surface area contributed by atoms with Gasteiger partial charge in [-0.1, -0.05) is 6.07 Å². The lowest BCUT2D eigenvalue weighted by atomic mass is 10.2. The molecule has 1 aliphatic rings. The second kappa shape index (κ2) is 9.55. The molecular formula is C12H21Cl2N3O2S. The molecule has 5 nitrogen and oxygen atoms in total. The number of hydrogen-bond donors (Lipinski definition) is 2. The fraction of sp³-hybridized carbons (Fsp3) is 0.583. The van der Waals surface area contributed by atoms with Gasteiger partial charge in [-0.2, -0.15) is 0 Å². The van der Waals surface area contributed by atoms with Gasteiger partial charge in [-0.05, 0) is 11.4 Å². The zero-order chi connectivity index (χ0) is 13.0. The summed E-state index contributed by atoms with van der Waals surface area (Å²) in [4.78, 5) is 16.1. The van der Waals surface area contributed by atoms with E-state index in [1.54, 1.807) is 11.3 Å². The topological polar surface area (TPSA) is 69.8 Å². The van der Waals surface area contributed by atoms with E-state index in [2.05, 4.69) is 9.80 Å². The molecule has 8 heteroatoms. The summed E-state index contributed by atoms with van der Waals surface area (Å²) in [5.41, 5.74) is 5.17. The van der Waals surface area contributed by atoms with Crippen molar-refractivity contribution in [2.45, 2.75) is 6.10 Å². The minimum absolute atomic E-state index is 0. The molecule has 1 atom stereocenters. The first-order valence-electron chi connectivity index (χ1n) is 6.09. The Morgan fingerprint density at radius 3 is 2.40 bits per heavy atom. The number of carbonyl (C=O) groups is 1. The first-order chi connectivity index (χ1) is 8.65. The number of hydrogen-bond acceptors (Lipinski definition) is 5. The van der Waals surface area contributed by atoms with E-state index in [9.17, 15) is 9.90 Å². The summed E-state index contributed by atoms with van der Waals surface area (Å²) in [6.45, 7) is 4.40. The van der Waals surface area contributed by atoms with E-state index < -0.39 is 6.10 Å². The molecule has 3 N–H and O–H groups in total. The van der Waals surface area contributed by atoms with Crippen molar-refractivity contribution in [2.75, 3.05) is 39.3 Å². The predicted octanol–water partition coefficient (Wildman–Crippen LogP) is 0.728. The van der Waals surface area contributed by atoms with Gasteiger partial charge in [-0.15, -0.1) is 36.2 Å². The van der Waals surface area contributed by atoms with Gasteiger partial charge in [0, 0.05) is 37.6 Å². The fourth-order valence-electron chi connectivity index (χ4n) is 2.17. The van der Waals surface area contributed by atoms with Gasteiger partial charge in [0.2, 0.25) is 5.91 Å². The van der Waals surface area contributed by atoms with Crippen LogP contribution >= 0.6 is 36.2 Å². The highest BCUT2D eigenvalue weighted by Gasteiger charge is 2.20. The average molecular weight is 342 g/mol. The number of rotatable bonds is 5. The third-order valence-electron chi connectivity index (χ3n) is 3.15. The average Bonchev–Trinajstić information content (AvgIpc) is 2.84. The van der Waals surface area contributed by atoms with E-state index in [4.69, 9.17) is 5.73 Å². The number of carbonyl (C=O) groups excluding carboxylic acids is 1. The molecule has 20 heavy (non-hydrogen) atoms. The lowest BCUT2D eigenvalue weighted by Gasteiger charge is -2.34. The summed E-state index contributed by atoms with van der Waals surface area (Å²) in [7, 11) is 0. The highest BCUT2D eigenvalue weighted by molar-refractivity contribution is 7.10. The Morgan fingerprint density at radius 1 is 1.30 bits per heavy atom. The second-order valence-corrected chi connectivity index (χ2v) is 5.55. The first-order valence-corrected chi connectivity index (χ1v) is 6.97. The van der Waals surface area contributed by atoms with Gasteiger partial charge in [-0.3, -0.25) is 14.6 Å². The molecule has 0 bridgehead atoms. The molecule has 0 aromatic carbocycles. The molecule has 0 radical (unpaired) electrons. The molecule has 1 aromatic heterocycles. The molecule has 0 aliphatic carbocycles. The van der Waals surface area contributed by atoms with Gasteiger partial charge < -0.3 is 10.8 Å². The number of nitrogens with zero attached hydrogens (tertiary/aromatic N) is 2. The number of aliphatic hydroxyl groups is 1. The number of nitrogens with two attached hydrogens (primary N) is 1. The zero-order valence-electron chi connectivity index (χ0n) is 11.1. The SMILES string of the molecule is Cl.Cl.NC(=O)CN1CCN(CC(O)c2cccs2)CC1. The van der Waals surface area contributed by atoms with Crippen molar-refractivity contribution in [1.82, 2.24) is 9.80 Å². The molecule has 1 unspecified atom stereocenters. The van der Waals surface area contributed by atoms with Crippen LogP contribution in [0.15, 0.2) is 17.5 Å². The van der Waals surface area contributed by atoms with E-state index in [0.29, 0.717) is 13.1 Å². The molecule has 1 aromatic rings. The predicted molar refractivity (Wildman–Crippen MR) is 85.8 cm³/mol. The van der Waals surface area contributed by atoms with Gasteiger partial charge in [0.1, 0.15) is 6.10 Å². The third kappa shape index (κ3) is 5.95. The van der Waals surface area contributed by atoms with E-state index in [-0.39, 0.29) is 30.7 Å². The lowest BCUT2D eigenvalue weighted by Crippen LogP contribution is -2.49. The standard InChI is InChI=1S/C12H19N3O2S.2ClH/c13-12(17)9-15-5-3-14(4-6-15)8-10(16)11-2-1-7-18-11;;/h1-2,7,10,16H,3-6,8-9H2,(H2,13,17);2*1H. The highest BCUT2D eigenvalue weighted by atomic mass is 35.5. The van der Waals surface area contributed by atoms with Crippen molar-refractivity contribution in [1.29, 1.82) is 0 Å². The van der Waals surface area contributed by atoms with Crippen molar-refractivity contribution in [3.8, 4) is 0 Å². The maximum Gasteiger partial charge on any atom is 0.231 e. The maximum atomic E-state index is 10.8. The summed E-state index contributed by atoms with van der Waals surface area (Å²) >= 11 is 1.58. The molecule has 2 rings (SSSR count). The van der Waals surface area contributed by atoms with E-state index >= 15 is 0 Å². The number of β-amino-alcohol motifs (C(OH)–C–C–N with tert-alkyl or cyclic N) is 1. The van der Waals surface area contributed by atoms with Crippen molar-refractivity contribution >= 4 is 42.1 Å². The number of thiophene rings is 1. The van der Waals surface area contributed by atoms with E-state index in [1.165, 1.54) is 0 Å². The minimum atomic E-state index is -0.410. The van der Waals surface area contributed by atoms with Gasteiger partial charge >= 0.3 is 0 Å². The molecule has 0 saturated carbocycles. The van der Waals surface area contributed by atoms with Gasteiger partial charge in [0.25, 0.3) is 0 Å². The summed E-state index contributed by atoms with van der Waals surface area (Å²) in [5.74, 6) is -0.276. The zero-order valence-corrected chi connectivity index (χ0v) is 13.6. The molecule has 1 fully saturated rings. The van der Waals surface area contributed by atoms with Crippen LogP contribution in [0, 0.1) is 0 Å². The van der Waals surface area contributed by atoms with E-state index in [1.807, 2.05) is 17.5 Å². The van der Waals surface area contributed by atoms with Crippen molar-refractivity contribution in [3.63, 3.8) is 0 Å². The molecule has 116 valence electrons. The Kier molecular flexibility index (Phi) is 9.37. The number of piperazine rings is 1. The molecule has 1 saturated heterocycles. The van der Waals surface area contributed by atoms with Crippen molar-refractivity contribution < 1.29 is 9.90 Å². The minimum Gasteiger partial charge on any atom is -0.386 e. The van der Waals surface area contributed by atoms with Crippen LogP contribution in [0.25, 0.3) is 0 Å². The van der Waals surface area contributed by atoms with Crippen LogP contribution in [0.1, 0.15) is 11.0 Å². The largest absolute Gasteiger partial charge is 0.386 e. The Bertz CT molecular complexity index is 384. The van der Waals surface area contributed by atoms with Crippen LogP contribution in [-0.4, -0.2) is 60.1 Å². The molecular weight excluding hydrogens is 321 g/mol. The van der Waals surface area contributed by atoms with Gasteiger partial charge in [0.05, 0.1) is 6.54 Å². The summed E-state index contributed by atoms with van der Waals surface area (Å²) in [6.07, 6.45) is -0.410. The molecule has 0 spiro atoms. The normalized spacial score (nSPS) is 17.9. The maximum absolute atomic E-state index is 10.8. The van der Waals surface area contributed by atoms with Gasteiger partial charge in [-0.25, -0.2) is 0 Å². The van der Waals surface area contributed by atoms with Crippen LogP contribution in [-0.2, 0) is 4.79 Å². The van der Waals surface area contributed by atoms with Crippen LogP contribution < -0.4 is 5.73 Å². The van der Waals surface area contributed by atoms with Gasteiger partial charge in [0.15, 0.2) is 0 Å². The highest BCUT2D eigenvalue weighted by Crippen LogP contribution is 2.20. The monoisotopic (exact) mass is 341 g/mol. The Hall–Kier alpha value is -0.370. The van der Waals surface area contributed by atoms with Crippen LogP contribution in [0.5, 0.6) is 0 Å². The Labute approximate surface area is 135 Å². The Balaban J connectivity index is 0.00000180.